The third-order valence-electron chi connectivity index (χ3n) is 3.87. The van der Waals surface area contributed by atoms with Crippen LogP contribution in [-0.2, 0) is 17.5 Å². The van der Waals surface area contributed by atoms with Gasteiger partial charge in [-0.05, 0) is 36.8 Å². The Morgan fingerprint density at radius 3 is 2.52 bits per heavy atom. The van der Waals surface area contributed by atoms with Gasteiger partial charge in [0.2, 0.25) is 5.91 Å². The van der Waals surface area contributed by atoms with Crippen molar-refractivity contribution in [2.24, 2.45) is 0 Å². The number of hydrogen-bond donors (Lipinski definition) is 2. The maximum Gasteiger partial charge on any atom is 0.418 e. The molecule has 0 bridgehead atoms. The Morgan fingerprint density at radius 2 is 1.89 bits per heavy atom. The molecule has 8 heteroatoms. The van der Waals surface area contributed by atoms with Gasteiger partial charge in [-0.15, -0.1) is 0 Å². The van der Waals surface area contributed by atoms with Gasteiger partial charge >= 0.3 is 6.18 Å². The Balaban J connectivity index is 1.90. The highest BCUT2D eigenvalue weighted by molar-refractivity contribution is 5.92. The molecular formula is C19H20F4N2O2. The zero-order valence-corrected chi connectivity index (χ0v) is 14.9. The van der Waals surface area contributed by atoms with Gasteiger partial charge in [-0.3, -0.25) is 4.79 Å². The lowest BCUT2D eigenvalue weighted by atomic mass is 10.1. The first-order valence-corrected chi connectivity index (χ1v) is 8.22. The van der Waals surface area contributed by atoms with Crippen molar-refractivity contribution in [3.8, 4) is 5.75 Å². The second kappa shape index (κ2) is 8.85. The van der Waals surface area contributed by atoms with Crippen molar-refractivity contribution in [2.75, 3.05) is 12.4 Å². The number of hydrogen-bond acceptors (Lipinski definition) is 3. The van der Waals surface area contributed by atoms with Crippen molar-refractivity contribution in [3.63, 3.8) is 0 Å². The van der Waals surface area contributed by atoms with E-state index >= 15 is 0 Å². The van der Waals surface area contributed by atoms with E-state index in [2.05, 4.69) is 10.6 Å². The van der Waals surface area contributed by atoms with Gasteiger partial charge in [0, 0.05) is 19.0 Å². The first-order valence-electron chi connectivity index (χ1n) is 8.22. The predicted molar refractivity (Wildman–Crippen MR) is 93.9 cm³/mol. The SMILES string of the molecule is COc1ccc(CNC(C)CC(=O)Nc2ccccc2C(F)(F)F)cc1F. The molecule has 0 saturated carbocycles. The van der Waals surface area contributed by atoms with E-state index in [0.717, 1.165) is 6.07 Å². The van der Waals surface area contributed by atoms with Crippen LogP contribution in [0.4, 0.5) is 23.2 Å². The molecule has 146 valence electrons. The molecule has 0 aromatic heterocycles. The minimum atomic E-state index is -4.55. The second-order valence-electron chi connectivity index (χ2n) is 6.05. The second-order valence-corrected chi connectivity index (χ2v) is 6.05. The number of benzene rings is 2. The first kappa shape index (κ1) is 20.7. The molecule has 4 nitrogen and oxygen atoms in total. The molecule has 0 radical (unpaired) electrons. The molecule has 2 N–H and O–H groups in total. The highest BCUT2D eigenvalue weighted by Crippen LogP contribution is 2.34. The average molecular weight is 384 g/mol. The number of nitrogens with one attached hydrogen (secondary N) is 2. The van der Waals surface area contributed by atoms with Gasteiger partial charge in [-0.2, -0.15) is 13.2 Å². The average Bonchev–Trinajstić information content (AvgIpc) is 2.59. The number of methoxy groups -OCH3 is 1. The van der Waals surface area contributed by atoms with E-state index < -0.39 is 23.5 Å². The summed E-state index contributed by atoms with van der Waals surface area (Å²) in [5.74, 6) is -0.909. The van der Waals surface area contributed by atoms with Crippen molar-refractivity contribution >= 4 is 11.6 Å². The molecule has 0 fully saturated rings. The van der Waals surface area contributed by atoms with Crippen LogP contribution in [0.1, 0.15) is 24.5 Å². The van der Waals surface area contributed by atoms with Gasteiger partial charge in [0.05, 0.1) is 18.4 Å². The van der Waals surface area contributed by atoms with Crippen LogP contribution in [0.15, 0.2) is 42.5 Å². The van der Waals surface area contributed by atoms with Crippen LogP contribution in [0.5, 0.6) is 5.75 Å². The molecule has 0 aliphatic heterocycles. The minimum absolute atomic E-state index is 0.0369. The highest BCUT2D eigenvalue weighted by Gasteiger charge is 2.33. The number of ether oxygens (including phenoxy) is 1. The molecule has 0 spiro atoms. The van der Waals surface area contributed by atoms with E-state index in [-0.39, 0.29) is 23.9 Å². The van der Waals surface area contributed by atoms with E-state index in [0.29, 0.717) is 12.1 Å². The molecule has 0 saturated heterocycles. The van der Waals surface area contributed by atoms with Crippen LogP contribution in [-0.4, -0.2) is 19.1 Å². The van der Waals surface area contributed by atoms with Crippen LogP contribution in [0.2, 0.25) is 0 Å². The molecule has 2 rings (SSSR count). The summed E-state index contributed by atoms with van der Waals surface area (Å²) in [6.07, 6.45) is -4.59. The summed E-state index contributed by atoms with van der Waals surface area (Å²) >= 11 is 0. The molecule has 1 amide bonds. The quantitative estimate of drug-likeness (QED) is 0.698. The third-order valence-corrected chi connectivity index (χ3v) is 3.87. The fraction of sp³-hybridized carbons (Fsp3) is 0.316. The summed E-state index contributed by atoms with van der Waals surface area (Å²) < 4.78 is 57.4. The number of rotatable bonds is 7. The predicted octanol–water partition coefficient (Wildman–Crippen LogP) is 4.36. The van der Waals surface area contributed by atoms with Gasteiger partial charge in [0.15, 0.2) is 11.6 Å². The van der Waals surface area contributed by atoms with Gasteiger partial charge in [0.1, 0.15) is 0 Å². The van der Waals surface area contributed by atoms with Crippen molar-refractivity contribution in [2.45, 2.75) is 32.1 Å². The number of alkyl halides is 3. The van der Waals surface area contributed by atoms with Crippen LogP contribution in [0.25, 0.3) is 0 Å². The zero-order valence-electron chi connectivity index (χ0n) is 14.9. The van der Waals surface area contributed by atoms with Crippen molar-refractivity contribution < 1.29 is 27.1 Å². The van der Waals surface area contributed by atoms with Gasteiger partial charge < -0.3 is 15.4 Å². The largest absolute Gasteiger partial charge is 0.494 e. The monoisotopic (exact) mass is 384 g/mol. The fourth-order valence-electron chi connectivity index (χ4n) is 2.50. The maximum absolute atomic E-state index is 13.7. The normalized spacial score (nSPS) is 12.5. The highest BCUT2D eigenvalue weighted by atomic mass is 19.4. The summed E-state index contributed by atoms with van der Waals surface area (Å²) in [5.41, 5.74) is -0.518. The molecule has 2 aromatic carbocycles. The fourth-order valence-corrected chi connectivity index (χ4v) is 2.50. The lowest BCUT2D eigenvalue weighted by molar-refractivity contribution is -0.137. The summed E-state index contributed by atoms with van der Waals surface area (Å²) in [7, 11) is 1.37. The smallest absolute Gasteiger partial charge is 0.418 e. The van der Waals surface area contributed by atoms with Crippen LogP contribution in [0, 0.1) is 5.82 Å². The molecule has 27 heavy (non-hydrogen) atoms. The van der Waals surface area contributed by atoms with E-state index in [9.17, 15) is 22.4 Å². The molecule has 0 aliphatic carbocycles. The van der Waals surface area contributed by atoms with Gasteiger partial charge in [-0.25, -0.2) is 4.39 Å². The Kier molecular flexibility index (Phi) is 6.79. The standard InChI is InChI=1S/C19H20F4N2O2/c1-12(24-11-13-7-8-17(27-2)15(20)10-13)9-18(26)25-16-6-4-3-5-14(16)19(21,22)23/h3-8,10,12,24H,9,11H2,1-2H3,(H,25,26). The lowest BCUT2D eigenvalue weighted by Gasteiger charge is -2.16. The molecular weight excluding hydrogens is 364 g/mol. The first-order chi connectivity index (χ1) is 12.7. The molecule has 1 unspecified atom stereocenters. The summed E-state index contributed by atoms with van der Waals surface area (Å²) in [5, 5.41) is 5.33. The molecule has 2 aromatic rings. The van der Waals surface area contributed by atoms with Crippen LogP contribution in [0.3, 0.4) is 0 Å². The third kappa shape index (κ3) is 5.96. The lowest BCUT2D eigenvalue weighted by Crippen LogP contribution is -2.30. The van der Waals surface area contributed by atoms with Gasteiger partial charge in [-0.1, -0.05) is 18.2 Å². The molecule has 0 heterocycles. The van der Waals surface area contributed by atoms with E-state index in [1.807, 2.05) is 0 Å². The van der Waals surface area contributed by atoms with E-state index in [1.165, 1.54) is 37.4 Å². The Labute approximate surface area is 154 Å². The van der Waals surface area contributed by atoms with E-state index in [4.69, 9.17) is 4.74 Å². The Hall–Kier alpha value is -2.61. The van der Waals surface area contributed by atoms with E-state index in [1.54, 1.807) is 13.0 Å². The van der Waals surface area contributed by atoms with Crippen LogP contribution < -0.4 is 15.4 Å². The van der Waals surface area contributed by atoms with Crippen molar-refractivity contribution in [1.29, 1.82) is 0 Å². The van der Waals surface area contributed by atoms with Crippen molar-refractivity contribution in [1.82, 2.24) is 5.32 Å². The van der Waals surface area contributed by atoms with Gasteiger partial charge in [0.25, 0.3) is 0 Å². The summed E-state index contributed by atoms with van der Waals surface area (Å²) in [4.78, 5) is 12.1. The number of amides is 1. The number of carbonyl (C=O) groups excluding carboxylic acids is 1. The minimum Gasteiger partial charge on any atom is -0.494 e. The topological polar surface area (TPSA) is 50.4 Å². The Morgan fingerprint density at radius 1 is 1.19 bits per heavy atom. The zero-order chi connectivity index (χ0) is 20.0. The number of anilines is 1. The Bertz CT molecular complexity index is 794. The van der Waals surface area contributed by atoms with Crippen LogP contribution >= 0.6 is 0 Å². The van der Waals surface area contributed by atoms with Crippen molar-refractivity contribution in [3.05, 3.63) is 59.4 Å². The number of carbonyl (C=O) groups is 1. The maximum atomic E-state index is 13.7. The molecule has 0 aliphatic rings. The summed E-state index contributed by atoms with van der Waals surface area (Å²) in [6, 6.07) is 8.97. The molecule has 1 atom stereocenters. The number of halogens is 4. The summed E-state index contributed by atoms with van der Waals surface area (Å²) in [6.45, 7) is 2.02. The number of para-hydroxylation sites is 1.